The molecule has 2 N–H and O–H groups in total. The molecule has 0 fully saturated rings. The monoisotopic (exact) mass is 280 g/mol. The lowest BCUT2D eigenvalue weighted by Crippen LogP contribution is -2.21. The minimum atomic E-state index is -0.0457. The molecule has 0 aliphatic carbocycles. The van der Waals surface area contributed by atoms with E-state index in [0.29, 0.717) is 10.8 Å². The molecule has 1 aromatic carbocycles. The van der Waals surface area contributed by atoms with Gasteiger partial charge in [-0.2, -0.15) is 11.8 Å². The highest BCUT2D eigenvalue weighted by Crippen LogP contribution is 2.24. The summed E-state index contributed by atoms with van der Waals surface area (Å²) >= 11 is 1.95. The van der Waals surface area contributed by atoms with Crippen molar-refractivity contribution in [2.75, 3.05) is 16.4 Å². The van der Waals surface area contributed by atoms with Crippen LogP contribution in [0.3, 0.4) is 0 Å². The van der Waals surface area contributed by atoms with Gasteiger partial charge in [-0.25, -0.2) is 0 Å². The van der Waals surface area contributed by atoms with Gasteiger partial charge in [0.2, 0.25) is 5.91 Å². The van der Waals surface area contributed by atoms with Crippen LogP contribution in [0, 0.1) is 0 Å². The fourth-order valence-corrected chi connectivity index (χ4v) is 2.39. The van der Waals surface area contributed by atoms with E-state index in [1.807, 2.05) is 36.0 Å². The molecule has 1 rings (SSSR count). The Balaban J connectivity index is 2.46. The normalized spacial score (nSPS) is 12.9. The minimum absolute atomic E-state index is 0.0457. The molecule has 4 heteroatoms. The van der Waals surface area contributed by atoms with Crippen LogP contribution in [-0.2, 0) is 4.79 Å². The average Bonchev–Trinajstić information content (AvgIpc) is 2.28. The summed E-state index contributed by atoms with van der Waals surface area (Å²) in [6.45, 7) is 10.4. The average molecular weight is 280 g/mol. The van der Waals surface area contributed by atoms with Crippen LogP contribution >= 0.6 is 11.8 Å². The first kappa shape index (κ1) is 15.9. The van der Waals surface area contributed by atoms with Crippen molar-refractivity contribution in [2.45, 2.75) is 45.4 Å². The lowest BCUT2D eigenvalue weighted by molar-refractivity contribution is -0.114. The molecule has 0 radical (unpaired) electrons. The van der Waals surface area contributed by atoms with E-state index in [-0.39, 0.29) is 5.91 Å². The van der Waals surface area contributed by atoms with Crippen LogP contribution in [-0.4, -0.2) is 22.4 Å². The van der Waals surface area contributed by atoms with Gasteiger partial charge in [-0.1, -0.05) is 20.8 Å². The first-order chi connectivity index (χ1) is 8.76. The van der Waals surface area contributed by atoms with Crippen LogP contribution in [0.4, 0.5) is 11.4 Å². The highest BCUT2D eigenvalue weighted by molar-refractivity contribution is 8.00. The molecule has 0 unspecified atom stereocenters. The number of anilines is 2. The second-order valence-corrected chi connectivity index (χ2v) is 7.57. The molecule has 0 saturated carbocycles. The van der Waals surface area contributed by atoms with Crippen molar-refractivity contribution in [1.29, 1.82) is 0 Å². The number of benzene rings is 1. The molecule has 1 atom stereocenters. The number of nitrogens with one attached hydrogen (secondary N) is 2. The van der Waals surface area contributed by atoms with Crippen molar-refractivity contribution in [3.8, 4) is 0 Å². The van der Waals surface area contributed by atoms with Gasteiger partial charge in [0.15, 0.2) is 0 Å². The SMILES string of the molecule is CC(=O)Nc1ccc(N[C@@H](C)CSC(C)(C)C)cc1. The maximum absolute atomic E-state index is 10.9. The van der Waals surface area contributed by atoms with Crippen molar-refractivity contribution in [2.24, 2.45) is 0 Å². The predicted molar refractivity (Wildman–Crippen MR) is 86.0 cm³/mol. The third-order valence-electron chi connectivity index (χ3n) is 2.38. The zero-order valence-electron chi connectivity index (χ0n) is 12.4. The molecule has 0 saturated heterocycles. The summed E-state index contributed by atoms with van der Waals surface area (Å²) < 4.78 is 0.297. The Morgan fingerprint density at radius 2 is 1.74 bits per heavy atom. The van der Waals surface area contributed by atoms with Gasteiger partial charge in [0.1, 0.15) is 0 Å². The van der Waals surface area contributed by atoms with Crippen molar-refractivity contribution in [1.82, 2.24) is 0 Å². The third kappa shape index (κ3) is 7.11. The van der Waals surface area contributed by atoms with Crippen LogP contribution < -0.4 is 10.6 Å². The molecule has 1 amide bonds. The molecular weight excluding hydrogens is 256 g/mol. The summed E-state index contributed by atoms with van der Waals surface area (Å²) in [7, 11) is 0. The summed E-state index contributed by atoms with van der Waals surface area (Å²) in [5, 5.41) is 6.22. The van der Waals surface area contributed by atoms with Crippen LogP contribution in [0.15, 0.2) is 24.3 Å². The first-order valence-corrected chi connectivity index (χ1v) is 7.53. The van der Waals surface area contributed by atoms with Gasteiger partial charge >= 0.3 is 0 Å². The zero-order chi connectivity index (χ0) is 14.5. The van der Waals surface area contributed by atoms with Gasteiger partial charge in [-0.3, -0.25) is 4.79 Å². The molecule has 0 spiro atoms. The summed E-state index contributed by atoms with van der Waals surface area (Å²) in [4.78, 5) is 10.9. The van der Waals surface area contributed by atoms with Gasteiger partial charge in [-0.05, 0) is 31.2 Å². The van der Waals surface area contributed by atoms with Gasteiger partial charge < -0.3 is 10.6 Å². The van der Waals surface area contributed by atoms with Crippen LogP contribution in [0.5, 0.6) is 0 Å². The Morgan fingerprint density at radius 1 is 1.21 bits per heavy atom. The molecule has 1 aromatic rings. The minimum Gasteiger partial charge on any atom is -0.382 e. The topological polar surface area (TPSA) is 41.1 Å². The van der Waals surface area contributed by atoms with E-state index in [2.05, 4.69) is 38.3 Å². The summed E-state index contributed by atoms with van der Waals surface area (Å²) in [5.41, 5.74) is 1.91. The second-order valence-electron chi connectivity index (χ2n) is 5.73. The maximum atomic E-state index is 10.9. The number of amides is 1. The lowest BCUT2D eigenvalue weighted by Gasteiger charge is -2.22. The number of hydrogen-bond donors (Lipinski definition) is 2. The molecule has 19 heavy (non-hydrogen) atoms. The molecule has 0 bridgehead atoms. The number of carbonyl (C=O) groups is 1. The number of thioether (sulfide) groups is 1. The molecule has 0 aliphatic heterocycles. The number of hydrogen-bond acceptors (Lipinski definition) is 3. The van der Waals surface area contributed by atoms with Crippen LogP contribution in [0.2, 0.25) is 0 Å². The quantitative estimate of drug-likeness (QED) is 0.857. The van der Waals surface area contributed by atoms with Crippen molar-refractivity contribution < 1.29 is 4.79 Å². The van der Waals surface area contributed by atoms with Gasteiger partial charge in [0, 0.05) is 34.8 Å². The predicted octanol–water partition coefficient (Wildman–Crippen LogP) is 3.98. The van der Waals surface area contributed by atoms with Gasteiger partial charge in [0.05, 0.1) is 0 Å². The van der Waals surface area contributed by atoms with Gasteiger partial charge in [0.25, 0.3) is 0 Å². The Labute approximate surface area is 120 Å². The van der Waals surface area contributed by atoms with Crippen molar-refractivity contribution >= 4 is 29.0 Å². The van der Waals surface area contributed by atoms with E-state index in [9.17, 15) is 4.79 Å². The van der Waals surface area contributed by atoms with Crippen LogP contribution in [0.25, 0.3) is 0 Å². The molecular formula is C15H24N2OS. The van der Waals surface area contributed by atoms with Crippen LogP contribution in [0.1, 0.15) is 34.6 Å². The smallest absolute Gasteiger partial charge is 0.221 e. The Bertz CT molecular complexity index is 409. The fourth-order valence-electron chi connectivity index (χ4n) is 1.55. The summed E-state index contributed by atoms with van der Waals surface area (Å²) in [5.74, 6) is 1.02. The Hall–Kier alpha value is -1.16. The molecule has 0 heterocycles. The zero-order valence-corrected chi connectivity index (χ0v) is 13.2. The highest BCUT2D eigenvalue weighted by Gasteiger charge is 2.12. The molecule has 106 valence electrons. The van der Waals surface area contributed by atoms with E-state index in [1.54, 1.807) is 0 Å². The molecule has 0 aliphatic rings. The molecule has 3 nitrogen and oxygen atoms in total. The van der Waals surface area contributed by atoms with E-state index in [4.69, 9.17) is 0 Å². The van der Waals surface area contributed by atoms with E-state index in [0.717, 1.165) is 17.1 Å². The van der Waals surface area contributed by atoms with Gasteiger partial charge in [-0.15, -0.1) is 0 Å². The summed E-state index contributed by atoms with van der Waals surface area (Å²) in [6.07, 6.45) is 0. The summed E-state index contributed by atoms with van der Waals surface area (Å²) in [6, 6.07) is 8.21. The highest BCUT2D eigenvalue weighted by atomic mass is 32.2. The van der Waals surface area contributed by atoms with E-state index < -0.39 is 0 Å². The Kier molecular flexibility index (Phi) is 5.73. The largest absolute Gasteiger partial charge is 0.382 e. The number of rotatable bonds is 5. The maximum Gasteiger partial charge on any atom is 0.221 e. The van der Waals surface area contributed by atoms with Crippen molar-refractivity contribution in [3.05, 3.63) is 24.3 Å². The second kappa shape index (κ2) is 6.85. The van der Waals surface area contributed by atoms with Crippen molar-refractivity contribution in [3.63, 3.8) is 0 Å². The van der Waals surface area contributed by atoms with E-state index >= 15 is 0 Å². The third-order valence-corrected chi connectivity index (χ3v) is 3.92. The lowest BCUT2D eigenvalue weighted by atomic mass is 10.2. The fraction of sp³-hybridized carbons (Fsp3) is 0.533. The standard InChI is InChI=1S/C15H24N2OS/c1-11(10-19-15(3,4)5)16-13-6-8-14(9-7-13)17-12(2)18/h6-9,11,16H,10H2,1-5H3,(H,17,18)/t11-/m0/s1. The molecule has 0 aromatic heterocycles. The Morgan fingerprint density at radius 3 is 2.21 bits per heavy atom. The first-order valence-electron chi connectivity index (χ1n) is 6.54. The van der Waals surface area contributed by atoms with E-state index in [1.165, 1.54) is 6.92 Å². The number of carbonyl (C=O) groups excluding carboxylic acids is 1.